The highest BCUT2D eigenvalue weighted by molar-refractivity contribution is 5.70. The zero-order valence-electron chi connectivity index (χ0n) is 9.01. The van der Waals surface area contributed by atoms with Gasteiger partial charge < -0.3 is 10.1 Å². The zero-order valence-corrected chi connectivity index (χ0v) is 9.01. The summed E-state index contributed by atoms with van der Waals surface area (Å²) < 4.78 is 4.99. The van der Waals surface area contributed by atoms with Gasteiger partial charge in [0.25, 0.3) is 0 Å². The Morgan fingerprint density at radius 2 is 2.07 bits per heavy atom. The molecule has 2 rings (SSSR count). The second-order valence-corrected chi connectivity index (χ2v) is 5.06. The topological polar surface area (TPSA) is 38.3 Å². The van der Waals surface area contributed by atoms with Gasteiger partial charge in [0.1, 0.15) is 6.61 Å². The van der Waals surface area contributed by atoms with Gasteiger partial charge in [0.05, 0.1) is 5.54 Å². The van der Waals surface area contributed by atoms with Gasteiger partial charge in [0.15, 0.2) is 0 Å². The van der Waals surface area contributed by atoms with Crippen LogP contribution in [0.4, 0.5) is 4.79 Å². The first kappa shape index (κ1) is 9.81. The zero-order chi connectivity index (χ0) is 10.2. The van der Waals surface area contributed by atoms with Crippen LogP contribution in [-0.2, 0) is 4.74 Å². The molecule has 0 aromatic rings. The highest BCUT2D eigenvalue weighted by Gasteiger charge is 2.42. The van der Waals surface area contributed by atoms with Crippen molar-refractivity contribution in [1.82, 2.24) is 5.32 Å². The highest BCUT2D eigenvalue weighted by Crippen LogP contribution is 2.37. The van der Waals surface area contributed by atoms with Gasteiger partial charge in [-0.3, -0.25) is 0 Å². The number of hydrogen-bond donors (Lipinski definition) is 1. The van der Waals surface area contributed by atoms with Crippen molar-refractivity contribution >= 4 is 6.09 Å². The largest absolute Gasteiger partial charge is 0.447 e. The number of alkyl carbamates (subject to hydrolysis) is 1. The van der Waals surface area contributed by atoms with E-state index in [0.29, 0.717) is 6.61 Å². The second kappa shape index (κ2) is 3.44. The summed E-state index contributed by atoms with van der Waals surface area (Å²) in [4.78, 5) is 11.0. The fourth-order valence-electron chi connectivity index (χ4n) is 2.62. The summed E-state index contributed by atoms with van der Waals surface area (Å²) in [6.45, 7) is 5.15. The van der Waals surface area contributed by atoms with Gasteiger partial charge in [-0.05, 0) is 37.5 Å². The molecular weight excluding hydrogens is 178 g/mol. The van der Waals surface area contributed by atoms with Crippen molar-refractivity contribution in [2.45, 2.75) is 45.1 Å². The maximum Gasteiger partial charge on any atom is 0.407 e. The maximum absolute atomic E-state index is 11.0. The average molecular weight is 197 g/mol. The minimum atomic E-state index is -0.229. The molecule has 1 N–H and O–H groups in total. The first-order valence-electron chi connectivity index (χ1n) is 5.56. The quantitative estimate of drug-likeness (QED) is 0.700. The minimum absolute atomic E-state index is 0.0114. The van der Waals surface area contributed by atoms with Crippen molar-refractivity contribution in [2.24, 2.45) is 11.8 Å². The first-order valence-corrected chi connectivity index (χ1v) is 5.56. The van der Waals surface area contributed by atoms with E-state index in [-0.39, 0.29) is 11.6 Å². The molecule has 1 saturated carbocycles. The summed E-state index contributed by atoms with van der Waals surface area (Å²) in [7, 11) is 0. The monoisotopic (exact) mass is 197 g/mol. The van der Waals surface area contributed by atoms with E-state index >= 15 is 0 Å². The second-order valence-electron chi connectivity index (χ2n) is 5.06. The molecule has 0 bridgehead atoms. The Hall–Kier alpha value is -0.730. The Labute approximate surface area is 85.2 Å². The smallest absolute Gasteiger partial charge is 0.407 e. The number of hydrogen-bond acceptors (Lipinski definition) is 2. The molecule has 2 aliphatic rings. The van der Waals surface area contributed by atoms with E-state index < -0.39 is 0 Å². The minimum Gasteiger partial charge on any atom is -0.447 e. The number of cyclic esters (lactones) is 1. The van der Waals surface area contributed by atoms with Crippen LogP contribution in [0.25, 0.3) is 0 Å². The Balaban J connectivity index is 1.92. The van der Waals surface area contributed by atoms with E-state index in [1.165, 1.54) is 12.8 Å². The maximum atomic E-state index is 11.0. The lowest BCUT2D eigenvalue weighted by atomic mass is 9.73. The number of carbonyl (C=O) groups is 1. The Morgan fingerprint density at radius 3 is 2.50 bits per heavy atom. The van der Waals surface area contributed by atoms with Crippen LogP contribution < -0.4 is 5.32 Å². The lowest BCUT2D eigenvalue weighted by molar-refractivity contribution is 0.145. The number of amides is 1. The van der Waals surface area contributed by atoms with Gasteiger partial charge in [-0.25, -0.2) is 4.79 Å². The molecular formula is C11H19NO2. The highest BCUT2D eigenvalue weighted by atomic mass is 16.6. The number of rotatable bonds is 1. The van der Waals surface area contributed by atoms with Crippen LogP contribution in [0.15, 0.2) is 0 Å². The van der Waals surface area contributed by atoms with Crippen molar-refractivity contribution in [3.05, 3.63) is 0 Å². The summed E-state index contributed by atoms with van der Waals surface area (Å²) in [5.74, 6) is 1.60. The van der Waals surface area contributed by atoms with E-state index in [1.807, 2.05) is 0 Å². The van der Waals surface area contributed by atoms with Crippen LogP contribution in [0.5, 0.6) is 0 Å². The molecule has 1 aliphatic heterocycles. The van der Waals surface area contributed by atoms with Crippen LogP contribution in [0.2, 0.25) is 0 Å². The molecule has 1 heterocycles. The van der Waals surface area contributed by atoms with Crippen molar-refractivity contribution in [3.63, 3.8) is 0 Å². The predicted molar refractivity (Wildman–Crippen MR) is 54.0 cm³/mol. The molecule has 0 aromatic carbocycles. The lowest BCUT2D eigenvalue weighted by Gasteiger charge is -2.36. The molecule has 1 spiro atoms. The molecule has 1 saturated heterocycles. The third kappa shape index (κ3) is 1.72. The summed E-state index contributed by atoms with van der Waals surface area (Å²) in [5.41, 5.74) is -0.0114. The predicted octanol–water partition coefficient (Wildman–Crippen LogP) is 2.31. The summed E-state index contributed by atoms with van der Waals surface area (Å²) in [6, 6.07) is 0. The average Bonchev–Trinajstić information content (AvgIpc) is 2.48. The standard InChI is InChI=1S/C11H19NO2/c1-8(2)9-3-5-11(6-4-9)7-14-10(13)12-11/h8-9H,3-7H2,1-2H3,(H,12,13). The molecule has 0 aromatic heterocycles. The molecule has 3 heteroatoms. The van der Waals surface area contributed by atoms with Gasteiger partial charge in [0.2, 0.25) is 0 Å². The third-order valence-corrected chi connectivity index (χ3v) is 3.78. The van der Waals surface area contributed by atoms with Gasteiger partial charge in [-0.15, -0.1) is 0 Å². The molecule has 1 amide bonds. The molecule has 1 aliphatic carbocycles. The van der Waals surface area contributed by atoms with Gasteiger partial charge in [-0.1, -0.05) is 13.8 Å². The molecule has 3 nitrogen and oxygen atoms in total. The molecule has 0 atom stereocenters. The summed E-state index contributed by atoms with van der Waals surface area (Å²) in [5, 5.41) is 2.97. The van der Waals surface area contributed by atoms with Crippen molar-refractivity contribution in [2.75, 3.05) is 6.61 Å². The first-order chi connectivity index (χ1) is 6.61. The van der Waals surface area contributed by atoms with Gasteiger partial charge in [-0.2, -0.15) is 0 Å². The van der Waals surface area contributed by atoms with Crippen LogP contribution in [0, 0.1) is 11.8 Å². The normalized spacial score (nSPS) is 37.4. The van der Waals surface area contributed by atoms with Crippen molar-refractivity contribution in [3.8, 4) is 0 Å². The number of carbonyl (C=O) groups excluding carboxylic acids is 1. The Morgan fingerprint density at radius 1 is 1.43 bits per heavy atom. The van der Waals surface area contributed by atoms with E-state index in [1.54, 1.807) is 0 Å². The summed E-state index contributed by atoms with van der Waals surface area (Å²) >= 11 is 0. The van der Waals surface area contributed by atoms with E-state index in [4.69, 9.17) is 4.74 Å². The van der Waals surface area contributed by atoms with Crippen LogP contribution >= 0.6 is 0 Å². The van der Waals surface area contributed by atoms with E-state index in [0.717, 1.165) is 24.7 Å². The third-order valence-electron chi connectivity index (χ3n) is 3.78. The molecule has 80 valence electrons. The van der Waals surface area contributed by atoms with Crippen molar-refractivity contribution in [1.29, 1.82) is 0 Å². The lowest BCUT2D eigenvalue weighted by Crippen LogP contribution is -2.46. The fourth-order valence-corrected chi connectivity index (χ4v) is 2.62. The number of nitrogens with one attached hydrogen (secondary N) is 1. The fraction of sp³-hybridized carbons (Fsp3) is 0.909. The van der Waals surface area contributed by atoms with Crippen LogP contribution in [0.1, 0.15) is 39.5 Å². The Bertz CT molecular complexity index is 229. The summed E-state index contributed by atoms with van der Waals surface area (Å²) in [6.07, 6.45) is 4.39. The SMILES string of the molecule is CC(C)C1CCC2(CC1)COC(=O)N2. The van der Waals surface area contributed by atoms with E-state index in [9.17, 15) is 4.79 Å². The number of ether oxygens (including phenoxy) is 1. The molecule has 0 radical (unpaired) electrons. The van der Waals surface area contributed by atoms with Gasteiger partial charge >= 0.3 is 6.09 Å². The van der Waals surface area contributed by atoms with Crippen LogP contribution in [-0.4, -0.2) is 18.2 Å². The molecule has 0 unspecified atom stereocenters. The van der Waals surface area contributed by atoms with Crippen LogP contribution in [0.3, 0.4) is 0 Å². The Kier molecular flexibility index (Phi) is 2.41. The molecule has 2 fully saturated rings. The van der Waals surface area contributed by atoms with Gasteiger partial charge in [0, 0.05) is 0 Å². The van der Waals surface area contributed by atoms with E-state index in [2.05, 4.69) is 19.2 Å². The molecule has 14 heavy (non-hydrogen) atoms. The van der Waals surface area contributed by atoms with Crippen molar-refractivity contribution < 1.29 is 9.53 Å².